The molecule has 1 rings (SSSR count). The molecule has 1 N–H and O–H groups in total. The second-order valence-electron chi connectivity index (χ2n) is 4.88. The molecule has 1 atom stereocenters. The molecular weight excluding hydrogens is 271 g/mol. The molecule has 0 bridgehead atoms. The minimum atomic E-state index is -0.245. The summed E-state index contributed by atoms with van der Waals surface area (Å²) in [5, 5.41) is 9.47. The zero-order valence-corrected chi connectivity index (χ0v) is 11.5. The molecule has 0 radical (unpaired) electrons. The summed E-state index contributed by atoms with van der Waals surface area (Å²) in [6.45, 7) is 6.36. The molecule has 0 aliphatic heterocycles. The first-order chi connectivity index (χ1) is 7.39. The van der Waals surface area contributed by atoms with E-state index in [-0.39, 0.29) is 17.8 Å². The topological polar surface area (TPSA) is 20.2 Å². The van der Waals surface area contributed by atoms with Crippen LogP contribution in [0.5, 0.6) is 0 Å². The average Bonchev–Trinajstić information content (AvgIpc) is 2.22. The first kappa shape index (κ1) is 13.7. The van der Waals surface area contributed by atoms with Crippen molar-refractivity contribution in [3.63, 3.8) is 0 Å². The molecule has 1 aromatic rings. The third-order valence-corrected chi connectivity index (χ3v) is 4.10. The van der Waals surface area contributed by atoms with E-state index in [0.29, 0.717) is 5.92 Å². The van der Waals surface area contributed by atoms with Crippen LogP contribution in [-0.4, -0.2) is 11.7 Å². The van der Waals surface area contributed by atoms with E-state index < -0.39 is 0 Å². The Bertz CT molecular complexity index is 365. The molecule has 0 heterocycles. The van der Waals surface area contributed by atoms with Gasteiger partial charge in [-0.25, -0.2) is 4.39 Å². The highest BCUT2D eigenvalue weighted by Crippen LogP contribution is 2.33. The van der Waals surface area contributed by atoms with Gasteiger partial charge in [-0.05, 0) is 35.4 Å². The SMILES string of the molecule is CC(C)C(C)(CO)Cc1ccc(F)cc1Br. The molecule has 0 saturated carbocycles. The normalized spacial score (nSPS) is 15.2. The standard InChI is InChI=1S/C13H18BrFO/c1-9(2)13(3,8-16)7-10-4-5-11(15)6-12(10)14/h4-6,9,16H,7-8H2,1-3H3. The van der Waals surface area contributed by atoms with Gasteiger partial charge in [0.2, 0.25) is 0 Å². The summed E-state index contributed by atoms with van der Waals surface area (Å²) in [6.07, 6.45) is 0.738. The molecule has 0 aromatic heterocycles. The van der Waals surface area contributed by atoms with Crippen molar-refractivity contribution in [2.24, 2.45) is 11.3 Å². The summed E-state index contributed by atoms with van der Waals surface area (Å²) >= 11 is 3.36. The van der Waals surface area contributed by atoms with Crippen molar-refractivity contribution in [2.75, 3.05) is 6.61 Å². The molecule has 0 aliphatic carbocycles. The van der Waals surface area contributed by atoms with Crippen molar-refractivity contribution < 1.29 is 9.50 Å². The summed E-state index contributed by atoms with van der Waals surface area (Å²) in [6, 6.07) is 4.70. The van der Waals surface area contributed by atoms with E-state index in [1.807, 2.05) is 6.92 Å². The fourth-order valence-electron chi connectivity index (χ4n) is 1.54. The Morgan fingerprint density at radius 1 is 1.44 bits per heavy atom. The lowest BCUT2D eigenvalue weighted by molar-refractivity contribution is 0.0946. The van der Waals surface area contributed by atoms with Gasteiger partial charge >= 0.3 is 0 Å². The number of rotatable bonds is 4. The van der Waals surface area contributed by atoms with Crippen LogP contribution in [0, 0.1) is 17.2 Å². The van der Waals surface area contributed by atoms with Crippen molar-refractivity contribution in [1.29, 1.82) is 0 Å². The minimum Gasteiger partial charge on any atom is -0.396 e. The van der Waals surface area contributed by atoms with Gasteiger partial charge in [-0.2, -0.15) is 0 Å². The third kappa shape index (κ3) is 3.05. The Kier molecular flexibility index (Phi) is 4.51. The lowest BCUT2D eigenvalue weighted by Crippen LogP contribution is -2.30. The van der Waals surface area contributed by atoms with Crippen LogP contribution in [0.3, 0.4) is 0 Å². The number of aliphatic hydroxyl groups is 1. The maximum atomic E-state index is 12.9. The van der Waals surface area contributed by atoms with E-state index in [0.717, 1.165) is 16.5 Å². The van der Waals surface area contributed by atoms with E-state index in [9.17, 15) is 9.50 Å². The molecule has 1 unspecified atom stereocenters. The molecule has 16 heavy (non-hydrogen) atoms. The summed E-state index contributed by atoms with van der Waals surface area (Å²) < 4.78 is 13.7. The Labute approximate surface area is 105 Å². The van der Waals surface area contributed by atoms with Gasteiger partial charge in [-0.3, -0.25) is 0 Å². The fourth-order valence-corrected chi connectivity index (χ4v) is 2.03. The number of hydrogen-bond acceptors (Lipinski definition) is 1. The van der Waals surface area contributed by atoms with E-state index in [2.05, 4.69) is 29.8 Å². The first-order valence-corrected chi connectivity index (χ1v) is 6.23. The molecule has 0 amide bonds. The van der Waals surface area contributed by atoms with Crippen LogP contribution in [-0.2, 0) is 6.42 Å². The highest BCUT2D eigenvalue weighted by molar-refractivity contribution is 9.10. The number of halogens is 2. The van der Waals surface area contributed by atoms with Crippen LogP contribution in [0.4, 0.5) is 4.39 Å². The largest absolute Gasteiger partial charge is 0.396 e. The Hall–Kier alpha value is -0.410. The molecule has 3 heteroatoms. The summed E-state index contributed by atoms with van der Waals surface area (Å²) in [5.74, 6) is 0.125. The van der Waals surface area contributed by atoms with Gasteiger partial charge in [0, 0.05) is 11.1 Å². The molecular formula is C13H18BrFO. The molecule has 1 aromatic carbocycles. The third-order valence-electron chi connectivity index (χ3n) is 3.36. The monoisotopic (exact) mass is 288 g/mol. The molecule has 0 spiro atoms. The van der Waals surface area contributed by atoms with Crippen LogP contribution in [0.15, 0.2) is 22.7 Å². The second kappa shape index (κ2) is 5.28. The van der Waals surface area contributed by atoms with Crippen LogP contribution < -0.4 is 0 Å². The zero-order valence-electron chi connectivity index (χ0n) is 9.93. The van der Waals surface area contributed by atoms with Crippen LogP contribution in [0.2, 0.25) is 0 Å². The van der Waals surface area contributed by atoms with Crippen molar-refractivity contribution in [2.45, 2.75) is 27.2 Å². The number of aliphatic hydroxyl groups excluding tert-OH is 1. The van der Waals surface area contributed by atoms with Crippen molar-refractivity contribution in [3.8, 4) is 0 Å². The average molecular weight is 289 g/mol. The fraction of sp³-hybridized carbons (Fsp3) is 0.538. The van der Waals surface area contributed by atoms with E-state index in [4.69, 9.17) is 0 Å². The smallest absolute Gasteiger partial charge is 0.124 e. The lowest BCUT2D eigenvalue weighted by Gasteiger charge is -2.32. The Morgan fingerprint density at radius 2 is 2.06 bits per heavy atom. The van der Waals surface area contributed by atoms with Gasteiger partial charge in [0.1, 0.15) is 5.82 Å². The van der Waals surface area contributed by atoms with Gasteiger partial charge in [0.25, 0.3) is 0 Å². The molecule has 1 nitrogen and oxygen atoms in total. The number of benzene rings is 1. The van der Waals surface area contributed by atoms with Gasteiger partial charge in [0.15, 0.2) is 0 Å². The predicted molar refractivity (Wildman–Crippen MR) is 67.8 cm³/mol. The summed E-state index contributed by atoms with van der Waals surface area (Å²) in [7, 11) is 0. The van der Waals surface area contributed by atoms with Crippen LogP contribution in [0.1, 0.15) is 26.3 Å². The van der Waals surface area contributed by atoms with E-state index in [1.54, 1.807) is 6.07 Å². The summed E-state index contributed by atoms with van der Waals surface area (Å²) in [4.78, 5) is 0. The van der Waals surface area contributed by atoms with Gasteiger partial charge in [-0.15, -0.1) is 0 Å². The predicted octanol–water partition coefficient (Wildman–Crippen LogP) is 3.79. The van der Waals surface area contributed by atoms with Crippen LogP contribution >= 0.6 is 15.9 Å². The Balaban J connectivity index is 2.95. The molecule has 0 aliphatic rings. The highest BCUT2D eigenvalue weighted by Gasteiger charge is 2.28. The second-order valence-corrected chi connectivity index (χ2v) is 5.73. The van der Waals surface area contributed by atoms with E-state index in [1.165, 1.54) is 12.1 Å². The zero-order chi connectivity index (χ0) is 12.3. The van der Waals surface area contributed by atoms with Crippen molar-refractivity contribution >= 4 is 15.9 Å². The van der Waals surface area contributed by atoms with Gasteiger partial charge < -0.3 is 5.11 Å². The number of hydrogen-bond donors (Lipinski definition) is 1. The summed E-state index contributed by atoms with van der Waals surface area (Å²) in [5.41, 5.74) is 0.868. The van der Waals surface area contributed by atoms with Crippen LogP contribution in [0.25, 0.3) is 0 Å². The minimum absolute atomic E-state index is 0.133. The molecule has 90 valence electrons. The Morgan fingerprint density at radius 3 is 2.50 bits per heavy atom. The van der Waals surface area contributed by atoms with Gasteiger partial charge in [-0.1, -0.05) is 42.8 Å². The first-order valence-electron chi connectivity index (χ1n) is 5.44. The van der Waals surface area contributed by atoms with E-state index >= 15 is 0 Å². The molecule has 0 saturated heterocycles. The molecule has 0 fully saturated rings. The van der Waals surface area contributed by atoms with Crippen molar-refractivity contribution in [3.05, 3.63) is 34.1 Å². The van der Waals surface area contributed by atoms with Gasteiger partial charge in [0.05, 0.1) is 0 Å². The van der Waals surface area contributed by atoms with Crippen molar-refractivity contribution in [1.82, 2.24) is 0 Å². The maximum Gasteiger partial charge on any atom is 0.124 e. The quantitative estimate of drug-likeness (QED) is 0.894. The highest BCUT2D eigenvalue weighted by atomic mass is 79.9. The maximum absolute atomic E-state index is 12.9. The lowest BCUT2D eigenvalue weighted by atomic mass is 9.75.